The summed E-state index contributed by atoms with van der Waals surface area (Å²) in [6, 6.07) is 5.63. The van der Waals surface area contributed by atoms with Crippen LogP contribution >= 0.6 is 0 Å². The molecule has 74 valence electrons. The first-order valence-electron chi connectivity index (χ1n) is 4.89. The molecule has 0 aliphatic heterocycles. The number of hydrogen-bond acceptors (Lipinski definition) is 3. The molecule has 0 spiro atoms. The Kier molecular flexibility index (Phi) is 4.09. The monoisotopic (exact) mass is 189 g/mol. The fourth-order valence-corrected chi connectivity index (χ4v) is 1.28. The molecule has 0 unspecified atom stereocenters. The number of aromatic nitrogens is 1. The molecule has 0 aliphatic rings. The Bertz CT molecular complexity index is 310. The maximum Gasteiger partial charge on any atom is 0.140 e. The van der Waals surface area contributed by atoms with Gasteiger partial charge in [-0.3, -0.25) is 0 Å². The molecule has 3 heteroatoms. The summed E-state index contributed by atoms with van der Waals surface area (Å²) in [6.45, 7) is 2.14. The highest BCUT2D eigenvalue weighted by Crippen LogP contribution is 2.15. The van der Waals surface area contributed by atoms with Gasteiger partial charge in [-0.15, -0.1) is 0 Å². The fourth-order valence-electron chi connectivity index (χ4n) is 1.28. The summed E-state index contributed by atoms with van der Waals surface area (Å²) >= 11 is 0. The Morgan fingerprint density at radius 2 is 2.36 bits per heavy atom. The Morgan fingerprint density at radius 3 is 2.86 bits per heavy atom. The predicted molar refractivity (Wildman–Crippen MR) is 55.4 cm³/mol. The van der Waals surface area contributed by atoms with Gasteiger partial charge in [-0.1, -0.05) is 25.8 Å². The second-order valence-corrected chi connectivity index (χ2v) is 3.34. The van der Waals surface area contributed by atoms with Gasteiger partial charge in [-0.05, 0) is 18.1 Å². The Labute approximate surface area is 84.6 Å². The third-order valence-corrected chi connectivity index (χ3v) is 2.20. The van der Waals surface area contributed by atoms with Crippen molar-refractivity contribution in [3.63, 3.8) is 0 Å². The van der Waals surface area contributed by atoms with Crippen LogP contribution < -0.4 is 5.73 Å². The topological polar surface area (TPSA) is 62.7 Å². The lowest BCUT2D eigenvalue weighted by molar-refractivity contribution is 0.601. The van der Waals surface area contributed by atoms with E-state index in [1.165, 1.54) is 0 Å². The lowest BCUT2D eigenvalue weighted by Crippen LogP contribution is -2.10. The van der Waals surface area contributed by atoms with Crippen LogP contribution in [0.25, 0.3) is 0 Å². The maximum atomic E-state index is 8.56. The van der Waals surface area contributed by atoms with Gasteiger partial charge < -0.3 is 5.73 Å². The van der Waals surface area contributed by atoms with E-state index in [0.29, 0.717) is 5.69 Å². The summed E-state index contributed by atoms with van der Waals surface area (Å²) < 4.78 is 0. The minimum absolute atomic E-state index is 0.0511. The number of hydrogen-bond donors (Lipinski definition) is 1. The van der Waals surface area contributed by atoms with E-state index in [4.69, 9.17) is 11.0 Å². The molecular formula is C11H15N3. The lowest BCUT2D eigenvalue weighted by Gasteiger charge is -2.10. The summed E-state index contributed by atoms with van der Waals surface area (Å²) in [6.07, 6.45) is 4.95. The molecular weight excluding hydrogens is 174 g/mol. The molecule has 14 heavy (non-hydrogen) atoms. The van der Waals surface area contributed by atoms with Crippen LogP contribution in [0.2, 0.25) is 0 Å². The second-order valence-electron chi connectivity index (χ2n) is 3.34. The first kappa shape index (κ1) is 10.7. The zero-order chi connectivity index (χ0) is 10.4. The van der Waals surface area contributed by atoms with Gasteiger partial charge in [-0.25, -0.2) is 4.98 Å². The van der Waals surface area contributed by atoms with Crippen LogP contribution in [0, 0.1) is 11.3 Å². The largest absolute Gasteiger partial charge is 0.324 e. The smallest absolute Gasteiger partial charge is 0.140 e. The zero-order valence-electron chi connectivity index (χ0n) is 8.40. The second kappa shape index (κ2) is 5.36. The van der Waals surface area contributed by atoms with Crippen LogP contribution in [-0.2, 0) is 0 Å². The molecule has 2 N–H and O–H groups in total. The Morgan fingerprint density at radius 1 is 1.57 bits per heavy atom. The van der Waals surface area contributed by atoms with Crippen LogP contribution in [0.15, 0.2) is 18.3 Å². The van der Waals surface area contributed by atoms with E-state index in [1.807, 2.05) is 12.1 Å². The summed E-state index contributed by atoms with van der Waals surface area (Å²) in [4.78, 5) is 3.99. The van der Waals surface area contributed by atoms with Crippen LogP contribution in [0.5, 0.6) is 0 Å². The van der Waals surface area contributed by atoms with Crippen LogP contribution in [0.1, 0.15) is 43.5 Å². The number of unbranched alkanes of at least 4 members (excludes halogenated alkanes) is 1. The summed E-state index contributed by atoms with van der Waals surface area (Å²) in [5.41, 5.74) is 7.40. The number of rotatable bonds is 4. The number of nitrogens with two attached hydrogens (primary N) is 1. The van der Waals surface area contributed by atoms with Crippen molar-refractivity contribution in [2.24, 2.45) is 5.73 Å². The van der Waals surface area contributed by atoms with Crippen molar-refractivity contribution >= 4 is 0 Å². The molecule has 0 amide bonds. The maximum absolute atomic E-state index is 8.56. The highest BCUT2D eigenvalue weighted by atomic mass is 14.7. The van der Waals surface area contributed by atoms with Crippen LogP contribution in [0.4, 0.5) is 0 Å². The average Bonchev–Trinajstić information content (AvgIpc) is 2.26. The molecule has 0 fully saturated rings. The molecule has 1 rings (SSSR count). The van der Waals surface area contributed by atoms with E-state index in [9.17, 15) is 0 Å². The third kappa shape index (κ3) is 2.82. The lowest BCUT2D eigenvalue weighted by atomic mass is 10.0. The summed E-state index contributed by atoms with van der Waals surface area (Å²) in [5.74, 6) is 0. The van der Waals surface area contributed by atoms with E-state index < -0.39 is 0 Å². The quantitative estimate of drug-likeness (QED) is 0.789. The standard InChI is InChI=1S/C11H15N3/c1-2-3-4-11(13)9-5-6-10(7-12)14-8-9/h5-6,8,11H,2-4,13H2,1H3/t11-/m1/s1. The van der Waals surface area contributed by atoms with E-state index >= 15 is 0 Å². The molecule has 0 saturated heterocycles. The Balaban J connectivity index is 2.63. The molecule has 3 nitrogen and oxygen atoms in total. The molecule has 0 saturated carbocycles. The molecule has 1 aromatic rings. The highest BCUT2D eigenvalue weighted by Gasteiger charge is 2.05. The van der Waals surface area contributed by atoms with Crippen molar-refractivity contribution in [2.45, 2.75) is 32.2 Å². The molecule has 0 radical (unpaired) electrons. The van der Waals surface area contributed by atoms with Crippen molar-refractivity contribution in [2.75, 3.05) is 0 Å². The molecule has 0 bridgehead atoms. The minimum atomic E-state index is 0.0511. The molecule has 0 aromatic carbocycles. The summed E-state index contributed by atoms with van der Waals surface area (Å²) in [7, 11) is 0. The molecule has 1 heterocycles. The average molecular weight is 189 g/mol. The van der Waals surface area contributed by atoms with Crippen molar-refractivity contribution in [1.82, 2.24) is 4.98 Å². The van der Waals surface area contributed by atoms with E-state index in [0.717, 1.165) is 24.8 Å². The molecule has 0 aliphatic carbocycles. The molecule has 1 aromatic heterocycles. The number of nitriles is 1. The van der Waals surface area contributed by atoms with Gasteiger partial charge in [-0.2, -0.15) is 5.26 Å². The molecule has 1 atom stereocenters. The first-order chi connectivity index (χ1) is 6.77. The van der Waals surface area contributed by atoms with Gasteiger partial charge in [0.2, 0.25) is 0 Å². The van der Waals surface area contributed by atoms with Gasteiger partial charge in [0, 0.05) is 12.2 Å². The fraction of sp³-hybridized carbons (Fsp3) is 0.455. The van der Waals surface area contributed by atoms with Crippen molar-refractivity contribution in [1.29, 1.82) is 5.26 Å². The normalized spacial score (nSPS) is 12.1. The number of nitrogens with zero attached hydrogens (tertiary/aromatic N) is 2. The third-order valence-electron chi connectivity index (χ3n) is 2.20. The zero-order valence-corrected chi connectivity index (χ0v) is 8.40. The predicted octanol–water partition coefficient (Wildman–Crippen LogP) is 2.14. The van der Waals surface area contributed by atoms with E-state index in [-0.39, 0.29) is 6.04 Å². The SMILES string of the molecule is CCCC[C@@H](N)c1ccc(C#N)nc1. The number of pyridine rings is 1. The van der Waals surface area contributed by atoms with Gasteiger partial charge in [0.05, 0.1) is 0 Å². The van der Waals surface area contributed by atoms with Gasteiger partial charge in [0.25, 0.3) is 0 Å². The highest BCUT2D eigenvalue weighted by molar-refractivity contribution is 5.24. The van der Waals surface area contributed by atoms with Crippen molar-refractivity contribution in [3.05, 3.63) is 29.6 Å². The summed E-state index contributed by atoms with van der Waals surface area (Å²) in [5, 5.41) is 8.56. The van der Waals surface area contributed by atoms with Gasteiger partial charge in [0.15, 0.2) is 0 Å². The Hall–Kier alpha value is -1.40. The van der Waals surface area contributed by atoms with E-state index in [2.05, 4.69) is 11.9 Å². The minimum Gasteiger partial charge on any atom is -0.324 e. The van der Waals surface area contributed by atoms with Crippen LogP contribution in [0.3, 0.4) is 0 Å². The van der Waals surface area contributed by atoms with Crippen molar-refractivity contribution in [3.8, 4) is 6.07 Å². The van der Waals surface area contributed by atoms with Crippen molar-refractivity contribution < 1.29 is 0 Å². The van der Waals surface area contributed by atoms with E-state index in [1.54, 1.807) is 12.3 Å². The van der Waals surface area contributed by atoms with Gasteiger partial charge >= 0.3 is 0 Å². The van der Waals surface area contributed by atoms with Crippen LogP contribution in [-0.4, -0.2) is 4.98 Å². The first-order valence-corrected chi connectivity index (χ1v) is 4.89. The van der Waals surface area contributed by atoms with Gasteiger partial charge in [0.1, 0.15) is 11.8 Å².